The molecule has 29 heavy (non-hydrogen) atoms. The highest BCUT2D eigenvalue weighted by Crippen LogP contribution is 2.30. The maximum Gasteiger partial charge on any atom is 0.277 e. The first kappa shape index (κ1) is 19.2. The van der Waals surface area contributed by atoms with Crippen molar-refractivity contribution >= 4 is 35.0 Å². The molecular formula is C22H16ClN3O2S. The molecule has 144 valence electrons. The fraction of sp³-hybridized carbons (Fsp3) is 0.0455. The second-order valence-electron chi connectivity index (χ2n) is 6.18. The third kappa shape index (κ3) is 4.85. The number of carbonyl (C=O) groups is 1. The fourth-order valence-electron chi connectivity index (χ4n) is 2.65. The number of carbonyl (C=O) groups excluding carboxylic acids is 1. The minimum absolute atomic E-state index is 0.212. The molecule has 0 atom stereocenters. The summed E-state index contributed by atoms with van der Waals surface area (Å²) in [6.07, 6.45) is 3.54. The molecule has 0 bridgehead atoms. The molecule has 0 radical (unpaired) electrons. The number of hydrogen-bond acceptors (Lipinski definition) is 5. The summed E-state index contributed by atoms with van der Waals surface area (Å²) in [6, 6.07) is 20.4. The monoisotopic (exact) mass is 421 g/mol. The summed E-state index contributed by atoms with van der Waals surface area (Å²) in [5, 5.41) is 7.45. The first-order valence-electron chi connectivity index (χ1n) is 8.84. The molecule has 2 aromatic carbocycles. The minimum Gasteiger partial charge on any atom is -0.355 e. The SMILES string of the molecule is O=C(Nc1ccccc1SCc1ccncc1)c1cc(-c2ccc(Cl)cc2)on1. The lowest BCUT2D eigenvalue weighted by Crippen LogP contribution is -2.12. The van der Waals surface area contributed by atoms with Gasteiger partial charge in [0, 0.05) is 39.7 Å². The molecule has 0 fully saturated rings. The molecule has 0 saturated heterocycles. The Bertz CT molecular complexity index is 1110. The van der Waals surface area contributed by atoms with Gasteiger partial charge in [-0.05, 0) is 54.1 Å². The van der Waals surface area contributed by atoms with E-state index in [9.17, 15) is 4.79 Å². The molecule has 0 aliphatic carbocycles. The largest absolute Gasteiger partial charge is 0.355 e. The molecule has 4 rings (SSSR count). The predicted molar refractivity (Wildman–Crippen MR) is 115 cm³/mol. The molecule has 0 saturated carbocycles. The van der Waals surface area contributed by atoms with Crippen LogP contribution in [0.15, 0.2) is 88.5 Å². The Labute approximate surface area is 177 Å². The van der Waals surface area contributed by atoms with E-state index in [1.54, 1.807) is 42.4 Å². The Balaban J connectivity index is 1.47. The van der Waals surface area contributed by atoms with Crippen molar-refractivity contribution in [2.24, 2.45) is 0 Å². The van der Waals surface area contributed by atoms with Crippen LogP contribution in [0.25, 0.3) is 11.3 Å². The number of nitrogens with one attached hydrogen (secondary N) is 1. The first-order valence-corrected chi connectivity index (χ1v) is 10.2. The van der Waals surface area contributed by atoms with Gasteiger partial charge in [-0.15, -0.1) is 11.8 Å². The van der Waals surface area contributed by atoms with E-state index >= 15 is 0 Å². The number of nitrogens with zero attached hydrogens (tertiary/aromatic N) is 2. The molecule has 0 aliphatic rings. The van der Waals surface area contributed by atoms with Gasteiger partial charge in [-0.2, -0.15) is 0 Å². The van der Waals surface area contributed by atoms with Gasteiger partial charge in [0.25, 0.3) is 5.91 Å². The van der Waals surface area contributed by atoms with Crippen molar-refractivity contribution < 1.29 is 9.32 Å². The summed E-state index contributed by atoms with van der Waals surface area (Å²) in [6.45, 7) is 0. The normalized spacial score (nSPS) is 10.7. The predicted octanol–water partition coefficient (Wildman–Crippen LogP) is 5.93. The Morgan fingerprint density at radius 2 is 1.79 bits per heavy atom. The van der Waals surface area contributed by atoms with Crippen LogP contribution in [-0.4, -0.2) is 16.0 Å². The lowest BCUT2D eigenvalue weighted by atomic mass is 10.1. The summed E-state index contributed by atoms with van der Waals surface area (Å²) >= 11 is 7.55. The van der Waals surface area contributed by atoms with Crippen LogP contribution in [0.3, 0.4) is 0 Å². The van der Waals surface area contributed by atoms with Crippen LogP contribution in [-0.2, 0) is 5.75 Å². The number of hydrogen-bond donors (Lipinski definition) is 1. The van der Waals surface area contributed by atoms with Crippen LogP contribution in [0.2, 0.25) is 5.02 Å². The molecule has 2 aromatic heterocycles. The molecule has 1 amide bonds. The van der Waals surface area contributed by atoms with Crippen molar-refractivity contribution in [3.63, 3.8) is 0 Å². The average molecular weight is 422 g/mol. The van der Waals surface area contributed by atoms with Gasteiger partial charge in [0.15, 0.2) is 11.5 Å². The van der Waals surface area contributed by atoms with Crippen LogP contribution in [0, 0.1) is 0 Å². The molecular weight excluding hydrogens is 406 g/mol. The van der Waals surface area contributed by atoms with E-state index in [1.165, 1.54) is 0 Å². The Kier molecular flexibility index (Phi) is 5.93. The zero-order valence-corrected chi connectivity index (χ0v) is 16.8. The first-order chi connectivity index (χ1) is 14.2. The molecule has 4 aromatic rings. The maximum absolute atomic E-state index is 12.7. The summed E-state index contributed by atoms with van der Waals surface area (Å²) in [7, 11) is 0. The van der Waals surface area contributed by atoms with E-state index in [-0.39, 0.29) is 11.6 Å². The van der Waals surface area contributed by atoms with Crippen molar-refractivity contribution in [1.29, 1.82) is 0 Å². The number of pyridine rings is 1. The number of amides is 1. The molecule has 0 spiro atoms. The van der Waals surface area contributed by atoms with E-state index in [0.29, 0.717) is 10.8 Å². The summed E-state index contributed by atoms with van der Waals surface area (Å²) in [4.78, 5) is 17.7. The minimum atomic E-state index is -0.328. The van der Waals surface area contributed by atoms with E-state index in [1.807, 2.05) is 48.5 Å². The van der Waals surface area contributed by atoms with Gasteiger partial charge < -0.3 is 9.84 Å². The highest BCUT2D eigenvalue weighted by atomic mass is 35.5. The maximum atomic E-state index is 12.7. The van der Waals surface area contributed by atoms with Gasteiger partial charge in [-0.1, -0.05) is 28.9 Å². The standard InChI is InChI=1S/C22H16ClN3O2S/c23-17-7-5-16(6-8-17)20-13-19(26-28-20)22(27)25-18-3-1-2-4-21(18)29-14-15-9-11-24-12-10-15/h1-13H,14H2,(H,25,27). The van der Waals surface area contributed by atoms with Gasteiger partial charge in [0.2, 0.25) is 0 Å². The van der Waals surface area contributed by atoms with E-state index in [2.05, 4.69) is 15.5 Å². The molecule has 7 heteroatoms. The van der Waals surface area contributed by atoms with Crippen LogP contribution in [0.1, 0.15) is 16.1 Å². The van der Waals surface area contributed by atoms with Gasteiger partial charge in [0.1, 0.15) is 0 Å². The third-order valence-electron chi connectivity index (χ3n) is 4.15. The smallest absolute Gasteiger partial charge is 0.277 e. The Morgan fingerprint density at radius 1 is 1.03 bits per heavy atom. The summed E-state index contributed by atoms with van der Waals surface area (Å²) in [5.74, 6) is 0.957. The highest BCUT2D eigenvalue weighted by molar-refractivity contribution is 7.98. The number of para-hydroxylation sites is 1. The average Bonchev–Trinajstić information content (AvgIpc) is 3.25. The van der Waals surface area contributed by atoms with Crippen molar-refractivity contribution in [2.45, 2.75) is 10.6 Å². The van der Waals surface area contributed by atoms with Crippen LogP contribution >= 0.6 is 23.4 Å². The fourth-order valence-corrected chi connectivity index (χ4v) is 3.74. The topological polar surface area (TPSA) is 68.0 Å². The van der Waals surface area contributed by atoms with Crippen molar-refractivity contribution in [2.75, 3.05) is 5.32 Å². The number of rotatable bonds is 6. The zero-order chi connectivity index (χ0) is 20.1. The second kappa shape index (κ2) is 8.94. The Hall–Kier alpha value is -3.09. The van der Waals surface area contributed by atoms with E-state index in [4.69, 9.17) is 16.1 Å². The lowest BCUT2D eigenvalue weighted by Gasteiger charge is -2.09. The molecule has 0 aliphatic heterocycles. The lowest BCUT2D eigenvalue weighted by molar-refractivity contribution is 0.101. The molecule has 0 unspecified atom stereocenters. The number of halogens is 1. The quantitative estimate of drug-likeness (QED) is 0.390. The second-order valence-corrected chi connectivity index (χ2v) is 7.63. The molecule has 2 heterocycles. The van der Waals surface area contributed by atoms with E-state index < -0.39 is 0 Å². The number of anilines is 1. The zero-order valence-electron chi connectivity index (χ0n) is 15.2. The number of aromatic nitrogens is 2. The van der Waals surface area contributed by atoms with Gasteiger partial charge in [-0.25, -0.2) is 0 Å². The van der Waals surface area contributed by atoms with Crippen LogP contribution < -0.4 is 5.32 Å². The highest BCUT2D eigenvalue weighted by Gasteiger charge is 2.15. The van der Waals surface area contributed by atoms with Crippen molar-refractivity contribution in [1.82, 2.24) is 10.1 Å². The number of thioether (sulfide) groups is 1. The number of benzene rings is 2. The third-order valence-corrected chi connectivity index (χ3v) is 5.55. The van der Waals surface area contributed by atoms with Gasteiger partial charge >= 0.3 is 0 Å². The van der Waals surface area contributed by atoms with E-state index in [0.717, 1.165) is 27.5 Å². The van der Waals surface area contributed by atoms with Crippen molar-refractivity contribution in [3.05, 3.63) is 95.4 Å². The van der Waals surface area contributed by atoms with Gasteiger partial charge in [-0.3, -0.25) is 9.78 Å². The molecule has 1 N–H and O–H groups in total. The van der Waals surface area contributed by atoms with Crippen LogP contribution in [0.4, 0.5) is 5.69 Å². The van der Waals surface area contributed by atoms with Crippen molar-refractivity contribution in [3.8, 4) is 11.3 Å². The Morgan fingerprint density at radius 3 is 2.59 bits per heavy atom. The van der Waals surface area contributed by atoms with Gasteiger partial charge in [0.05, 0.1) is 5.69 Å². The summed E-state index contributed by atoms with van der Waals surface area (Å²) in [5.41, 5.74) is 2.90. The molecule has 5 nitrogen and oxygen atoms in total. The van der Waals surface area contributed by atoms with Crippen LogP contribution in [0.5, 0.6) is 0 Å². The summed E-state index contributed by atoms with van der Waals surface area (Å²) < 4.78 is 5.32.